The lowest BCUT2D eigenvalue weighted by Crippen LogP contribution is -2.33. The quantitative estimate of drug-likeness (QED) is 0.703. The van der Waals surface area contributed by atoms with E-state index in [-0.39, 0.29) is 37.0 Å². The molecule has 0 spiro atoms. The van der Waals surface area contributed by atoms with Gasteiger partial charge in [0.25, 0.3) is 0 Å². The van der Waals surface area contributed by atoms with Crippen molar-refractivity contribution in [3.05, 3.63) is 59.7 Å². The van der Waals surface area contributed by atoms with Crippen LogP contribution in [0.15, 0.2) is 48.5 Å². The largest absolute Gasteiger partial charge is 0.378 e. The van der Waals surface area contributed by atoms with Gasteiger partial charge in [0.15, 0.2) is 5.78 Å². The highest BCUT2D eigenvalue weighted by molar-refractivity contribution is 5.99. The molecule has 0 atom stereocenters. The Balaban J connectivity index is 1.74. The molecule has 0 unspecified atom stereocenters. The summed E-state index contributed by atoms with van der Waals surface area (Å²) in [5, 5.41) is 5.26. The SMILES string of the molecule is Cc1ccccc1C(=O)CCC(=O)NCC(=O)Nc1ccc(N(C)C)cc1. The van der Waals surface area contributed by atoms with Gasteiger partial charge in [0.1, 0.15) is 0 Å². The fraction of sp³-hybridized carbons (Fsp3) is 0.286. The number of carbonyl (C=O) groups is 3. The smallest absolute Gasteiger partial charge is 0.243 e. The lowest BCUT2D eigenvalue weighted by molar-refractivity contribution is -0.124. The Bertz CT molecular complexity index is 814. The summed E-state index contributed by atoms with van der Waals surface area (Å²) in [7, 11) is 3.87. The van der Waals surface area contributed by atoms with E-state index in [9.17, 15) is 14.4 Å². The molecule has 0 aliphatic rings. The second kappa shape index (κ2) is 9.52. The zero-order valence-corrected chi connectivity index (χ0v) is 15.9. The van der Waals surface area contributed by atoms with Crippen LogP contribution in [0.25, 0.3) is 0 Å². The molecule has 27 heavy (non-hydrogen) atoms. The summed E-state index contributed by atoms with van der Waals surface area (Å²) >= 11 is 0. The van der Waals surface area contributed by atoms with E-state index < -0.39 is 0 Å². The van der Waals surface area contributed by atoms with Crippen molar-refractivity contribution >= 4 is 29.0 Å². The van der Waals surface area contributed by atoms with Gasteiger partial charge in [0, 0.05) is 43.9 Å². The number of nitrogens with zero attached hydrogens (tertiary/aromatic N) is 1. The molecule has 2 aromatic carbocycles. The number of nitrogens with one attached hydrogen (secondary N) is 2. The van der Waals surface area contributed by atoms with E-state index >= 15 is 0 Å². The number of anilines is 2. The lowest BCUT2D eigenvalue weighted by atomic mass is 10.0. The third-order valence-corrected chi connectivity index (χ3v) is 4.14. The van der Waals surface area contributed by atoms with E-state index in [2.05, 4.69) is 10.6 Å². The Kier molecular flexibility index (Phi) is 7.11. The van der Waals surface area contributed by atoms with Gasteiger partial charge < -0.3 is 15.5 Å². The van der Waals surface area contributed by atoms with Crippen molar-refractivity contribution in [3.8, 4) is 0 Å². The first-order chi connectivity index (χ1) is 12.9. The number of amides is 2. The monoisotopic (exact) mass is 367 g/mol. The van der Waals surface area contributed by atoms with Crippen LogP contribution >= 0.6 is 0 Å². The van der Waals surface area contributed by atoms with E-state index in [0.717, 1.165) is 11.3 Å². The van der Waals surface area contributed by atoms with Gasteiger partial charge in [-0.15, -0.1) is 0 Å². The number of carbonyl (C=O) groups excluding carboxylic acids is 3. The number of ketones is 1. The van der Waals surface area contributed by atoms with Gasteiger partial charge in [0.05, 0.1) is 6.54 Å². The van der Waals surface area contributed by atoms with Crippen molar-refractivity contribution < 1.29 is 14.4 Å². The van der Waals surface area contributed by atoms with E-state index in [0.29, 0.717) is 11.3 Å². The average Bonchev–Trinajstić information content (AvgIpc) is 2.65. The zero-order valence-electron chi connectivity index (χ0n) is 15.9. The summed E-state index contributed by atoms with van der Waals surface area (Å²) in [4.78, 5) is 38.0. The number of hydrogen-bond acceptors (Lipinski definition) is 4. The molecule has 0 aromatic heterocycles. The van der Waals surface area contributed by atoms with Crippen LogP contribution < -0.4 is 15.5 Å². The Morgan fingerprint density at radius 1 is 0.889 bits per heavy atom. The van der Waals surface area contributed by atoms with Crippen LogP contribution in [-0.4, -0.2) is 38.2 Å². The highest BCUT2D eigenvalue weighted by Crippen LogP contribution is 2.15. The maximum Gasteiger partial charge on any atom is 0.243 e. The maximum atomic E-state index is 12.2. The first-order valence-corrected chi connectivity index (χ1v) is 8.79. The molecule has 0 heterocycles. The molecule has 0 fully saturated rings. The lowest BCUT2D eigenvalue weighted by Gasteiger charge is -2.13. The molecule has 0 aliphatic carbocycles. The van der Waals surface area contributed by atoms with Crippen molar-refractivity contribution in [2.45, 2.75) is 19.8 Å². The second-order valence-corrected chi connectivity index (χ2v) is 6.50. The molecule has 0 radical (unpaired) electrons. The van der Waals surface area contributed by atoms with Crippen LogP contribution in [0.4, 0.5) is 11.4 Å². The topological polar surface area (TPSA) is 78.5 Å². The van der Waals surface area contributed by atoms with Gasteiger partial charge in [-0.2, -0.15) is 0 Å². The molecule has 6 heteroatoms. The number of rotatable bonds is 8. The van der Waals surface area contributed by atoms with Crippen molar-refractivity contribution in [2.75, 3.05) is 30.9 Å². The van der Waals surface area contributed by atoms with Gasteiger partial charge in [-0.3, -0.25) is 14.4 Å². The Morgan fingerprint density at radius 2 is 1.56 bits per heavy atom. The minimum Gasteiger partial charge on any atom is -0.378 e. The highest BCUT2D eigenvalue weighted by Gasteiger charge is 2.12. The highest BCUT2D eigenvalue weighted by atomic mass is 16.2. The van der Waals surface area contributed by atoms with Crippen LogP contribution in [0.3, 0.4) is 0 Å². The average molecular weight is 367 g/mol. The summed E-state index contributed by atoms with van der Waals surface area (Å²) in [5.74, 6) is -0.713. The van der Waals surface area contributed by atoms with Crippen molar-refractivity contribution in [1.82, 2.24) is 5.32 Å². The predicted molar refractivity (Wildman–Crippen MR) is 107 cm³/mol. The van der Waals surface area contributed by atoms with Crippen molar-refractivity contribution in [3.63, 3.8) is 0 Å². The van der Waals surface area contributed by atoms with E-state index in [1.54, 1.807) is 24.3 Å². The van der Waals surface area contributed by atoms with Crippen LogP contribution in [-0.2, 0) is 9.59 Å². The van der Waals surface area contributed by atoms with Crippen LogP contribution in [0.5, 0.6) is 0 Å². The number of aryl methyl sites for hydroxylation is 1. The van der Waals surface area contributed by atoms with Gasteiger partial charge in [-0.05, 0) is 36.8 Å². The van der Waals surface area contributed by atoms with E-state index in [1.165, 1.54) is 0 Å². The molecule has 6 nitrogen and oxygen atoms in total. The summed E-state index contributed by atoms with van der Waals surface area (Å²) in [6.07, 6.45) is 0.169. The number of benzene rings is 2. The fourth-order valence-corrected chi connectivity index (χ4v) is 2.56. The standard InChI is InChI=1S/C21H25N3O3/c1-15-6-4-5-7-18(15)19(25)12-13-20(26)22-14-21(27)23-16-8-10-17(11-9-16)24(2)3/h4-11H,12-14H2,1-3H3,(H,22,26)(H,23,27). The van der Waals surface area contributed by atoms with Crippen LogP contribution in [0, 0.1) is 6.92 Å². The fourth-order valence-electron chi connectivity index (χ4n) is 2.56. The predicted octanol–water partition coefficient (Wildman–Crippen LogP) is 2.78. The summed E-state index contributed by atoms with van der Waals surface area (Å²) in [6.45, 7) is 1.73. The first-order valence-electron chi connectivity index (χ1n) is 8.79. The molecule has 2 amide bonds. The van der Waals surface area contributed by atoms with Crippen molar-refractivity contribution in [2.24, 2.45) is 0 Å². The third-order valence-electron chi connectivity index (χ3n) is 4.14. The van der Waals surface area contributed by atoms with Gasteiger partial charge in [-0.1, -0.05) is 24.3 Å². The van der Waals surface area contributed by atoms with E-state index in [1.807, 2.05) is 50.2 Å². The van der Waals surface area contributed by atoms with Gasteiger partial charge in [-0.25, -0.2) is 0 Å². The maximum absolute atomic E-state index is 12.2. The van der Waals surface area contributed by atoms with Crippen LogP contribution in [0.1, 0.15) is 28.8 Å². The molecule has 0 saturated heterocycles. The molecule has 0 bridgehead atoms. The summed E-state index contributed by atoms with van der Waals surface area (Å²) < 4.78 is 0. The molecular formula is C21H25N3O3. The molecule has 0 saturated carbocycles. The third kappa shape index (κ3) is 6.26. The zero-order chi connectivity index (χ0) is 19.8. The molecule has 142 valence electrons. The summed E-state index contributed by atoms with van der Waals surface area (Å²) in [5.41, 5.74) is 3.21. The number of hydrogen-bond donors (Lipinski definition) is 2. The minimum atomic E-state index is -0.324. The Labute approximate surface area is 159 Å². The summed E-state index contributed by atoms with van der Waals surface area (Å²) in [6, 6.07) is 14.7. The Morgan fingerprint density at radius 3 is 2.19 bits per heavy atom. The first kappa shape index (κ1) is 20.2. The normalized spacial score (nSPS) is 10.2. The minimum absolute atomic E-state index is 0.0536. The van der Waals surface area contributed by atoms with E-state index in [4.69, 9.17) is 0 Å². The van der Waals surface area contributed by atoms with Crippen LogP contribution in [0.2, 0.25) is 0 Å². The van der Waals surface area contributed by atoms with Crippen molar-refractivity contribution in [1.29, 1.82) is 0 Å². The molecule has 2 rings (SSSR count). The molecular weight excluding hydrogens is 342 g/mol. The number of Topliss-reactive ketones (excluding diaryl/α,β-unsaturated/α-hetero) is 1. The van der Waals surface area contributed by atoms with Gasteiger partial charge in [0.2, 0.25) is 11.8 Å². The molecule has 2 N–H and O–H groups in total. The molecule has 2 aromatic rings. The van der Waals surface area contributed by atoms with Gasteiger partial charge >= 0.3 is 0 Å². The molecule has 0 aliphatic heterocycles. The Hall–Kier alpha value is -3.15. The second-order valence-electron chi connectivity index (χ2n) is 6.50.